The van der Waals surface area contributed by atoms with Crippen LogP contribution in [0.1, 0.15) is 6.92 Å². The standard InChI is InChI=1S/C21H20N2O/c1-6-10-20-17(7-2)14(3)23(21(20)24)13-22-15(4)18-11-8-9-12-19(18)16(22)5/h6-12H,2-5,13H2,1H3/b10-6-. The number of benzene rings is 1. The molecule has 0 N–H and O–H groups in total. The Balaban J connectivity index is 2.07. The summed E-state index contributed by atoms with van der Waals surface area (Å²) >= 11 is 0. The summed E-state index contributed by atoms with van der Waals surface area (Å²) in [5, 5.41) is 3.78. The first-order valence-electron chi connectivity index (χ1n) is 7.77. The molecule has 0 unspecified atom stereocenters. The van der Waals surface area contributed by atoms with Crippen LogP contribution in [0.25, 0.3) is 23.9 Å². The smallest absolute Gasteiger partial charge is 0.260 e. The van der Waals surface area contributed by atoms with Crippen LogP contribution in [0.15, 0.2) is 72.5 Å². The molecule has 3 nitrogen and oxygen atoms in total. The third-order valence-corrected chi connectivity index (χ3v) is 4.42. The van der Waals surface area contributed by atoms with Gasteiger partial charge in [0.2, 0.25) is 0 Å². The van der Waals surface area contributed by atoms with Gasteiger partial charge in [0, 0.05) is 38.3 Å². The molecule has 1 aliphatic heterocycles. The molecule has 1 aromatic carbocycles. The van der Waals surface area contributed by atoms with E-state index in [2.05, 4.69) is 26.3 Å². The molecule has 2 heterocycles. The van der Waals surface area contributed by atoms with Gasteiger partial charge in [-0.2, -0.15) is 0 Å². The summed E-state index contributed by atoms with van der Waals surface area (Å²) < 4.78 is 1.95. The van der Waals surface area contributed by atoms with Crippen molar-refractivity contribution < 1.29 is 4.79 Å². The number of carbonyl (C=O) groups is 1. The predicted octanol–water partition coefficient (Wildman–Crippen LogP) is 2.83. The van der Waals surface area contributed by atoms with E-state index in [1.165, 1.54) is 0 Å². The van der Waals surface area contributed by atoms with Gasteiger partial charge in [-0.25, -0.2) is 0 Å². The molecule has 0 aliphatic carbocycles. The lowest BCUT2D eigenvalue weighted by atomic mass is 10.1. The summed E-state index contributed by atoms with van der Waals surface area (Å²) in [5.74, 6) is -0.0791. The third kappa shape index (κ3) is 2.17. The Kier molecular flexibility index (Phi) is 3.86. The highest BCUT2D eigenvalue weighted by Crippen LogP contribution is 2.30. The number of amides is 1. The van der Waals surface area contributed by atoms with Crippen LogP contribution in [0.3, 0.4) is 0 Å². The first kappa shape index (κ1) is 15.8. The molecule has 2 aromatic rings. The molecule has 0 fully saturated rings. The van der Waals surface area contributed by atoms with E-state index in [4.69, 9.17) is 0 Å². The Morgan fingerprint density at radius 2 is 1.62 bits per heavy atom. The summed E-state index contributed by atoms with van der Waals surface area (Å²) in [6.07, 6.45) is 5.32. The van der Waals surface area contributed by atoms with Crippen molar-refractivity contribution in [3.05, 3.63) is 83.2 Å². The first-order valence-corrected chi connectivity index (χ1v) is 7.77. The van der Waals surface area contributed by atoms with Gasteiger partial charge in [-0.05, 0) is 6.92 Å². The third-order valence-electron chi connectivity index (χ3n) is 4.42. The molecule has 1 aliphatic rings. The molecule has 24 heavy (non-hydrogen) atoms. The van der Waals surface area contributed by atoms with Crippen molar-refractivity contribution in [3.8, 4) is 0 Å². The van der Waals surface area contributed by atoms with Crippen molar-refractivity contribution in [1.82, 2.24) is 9.47 Å². The first-order chi connectivity index (χ1) is 11.5. The maximum absolute atomic E-state index is 12.8. The Labute approximate surface area is 141 Å². The number of nitrogens with zero attached hydrogens (tertiary/aromatic N) is 2. The Hall–Kier alpha value is -3.07. The molecule has 0 radical (unpaired) electrons. The van der Waals surface area contributed by atoms with Gasteiger partial charge >= 0.3 is 0 Å². The number of carbonyl (C=O) groups excluding carboxylic acids is 1. The predicted molar refractivity (Wildman–Crippen MR) is 100 cm³/mol. The van der Waals surface area contributed by atoms with E-state index in [1.54, 1.807) is 17.1 Å². The van der Waals surface area contributed by atoms with Crippen molar-refractivity contribution in [2.75, 3.05) is 0 Å². The summed E-state index contributed by atoms with van der Waals surface area (Å²) in [4.78, 5) is 14.4. The van der Waals surface area contributed by atoms with Gasteiger partial charge in [0.25, 0.3) is 5.91 Å². The molecule has 1 amide bonds. The second-order valence-electron chi connectivity index (χ2n) is 5.72. The number of allylic oxidation sites excluding steroid dienone is 2. The van der Waals surface area contributed by atoms with E-state index in [0.29, 0.717) is 17.9 Å². The zero-order chi connectivity index (χ0) is 17.4. The number of aromatic nitrogens is 1. The molecule has 0 saturated heterocycles. The van der Waals surface area contributed by atoms with Crippen LogP contribution in [0.5, 0.6) is 0 Å². The molecule has 0 bridgehead atoms. The van der Waals surface area contributed by atoms with Crippen LogP contribution in [0.2, 0.25) is 0 Å². The fourth-order valence-electron chi connectivity index (χ4n) is 3.14. The highest BCUT2D eigenvalue weighted by atomic mass is 16.2. The lowest BCUT2D eigenvalue weighted by Crippen LogP contribution is -2.36. The molecule has 0 spiro atoms. The van der Waals surface area contributed by atoms with E-state index in [-0.39, 0.29) is 5.91 Å². The molecule has 1 aromatic heterocycles. The zero-order valence-electron chi connectivity index (χ0n) is 13.9. The minimum Gasteiger partial charge on any atom is -0.323 e. The SMILES string of the molecule is C=CC1=C(/C=C\C)C(=O)N(Cn2c(=C)c3ccccc3c2=C)C1=C. The molecular weight excluding hydrogens is 296 g/mol. The number of rotatable bonds is 4. The molecule has 0 atom stereocenters. The summed E-state index contributed by atoms with van der Waals surface area (Å²) in [6.45, 7) is 18.4. The molecule has 120 valence electrons. The summed E-state index contributed by atoms with van der Waals surface area (Å²) in [5.41, 5.74) is 2.04. The van der Waals surface area contributed by atoms with E-state index in [0.717, 1.165) is 27.0 Å². The van der Waals surface area contributed by atoms with Crippen LogP contribution in [0, 0.1) is 0 Å². The van der Waals surface area contributed by atoms with Crippen LogP contribution < -0.4 is 10.7 Å². The maximum Gasteiger partial charge on any atom is 0.260 e. The van der Waals surface area contributed by atoms with E-state index < -0.39 is 0 Å². The van der Waals surface area contributed by atoms with Gasteiger partial charge in [0.15, 0.2) is 0 Å². The Bertz CT molecular complexity index is 987. The van der Waals surface area contributed by atoms with E-state index in [1.807, 2.05) is 41.8 Å². The zero-order valence-corrected chi connectivity index (χ0v) is 13.9. The summed E-state index contributed by atoms with van der Waals surface area (Å²) in [6, 6.07) is 7.98. The Morgan fingerprint density at radius 1 is 1.04 bits per heavy atom. The number of hydrogen-bond acceptors (Lipinski definition) is 1. The summed E-state index contributed by atoms with van der Waals surface area (Å²) in [7, 11) is 0. The second kappa shape index (κ2) is 5.85. The average Bonchev–Trinajstić information content (AvgIpc) is 2.96. The highest BCUT2D eigenvalue weighted by molar-refractivity contribution is 6.03. The van der Waals surface area contributed by atoms with Gasteiger partial charge in [-0.15, -0.1) is 0 Å². The maximum atomic E-state index is 12.8. The quantitative estimate of drug-likeness (QED) is 0.851. The monoisotopic (exact) mass is 316 g/mol. The fraction of sp³-hybridized carbons (Fsp3) is 0.0952. The van der Waals surface area contributed by atoms with Crippen LogP contribution in [-0.4, -0.2) is 15.4 Å². The largest absolute Gasteiger partial charge is 0.323 e. The van der Waals surface area contributed by atoms with Gasteiger partial charge in [-0.3, -0.25) is 9.69 Å². The van der Waals surface area contributed by atoms with Crippen LogP contribution >= 0.6 is 0 Å². The van der Waals surface area contributed by atoms with Crippen molar-refractivity contribution in [1.29, 1.82) is 0 Å². The highest BCUT2D eigenvalue weighted by Gasteiger charge is 2.31. The number of hydrogen-bond donors (Lipinski definition) is 0. The van der Waals surface area contributed by atoms with Gasteiger partial charge in [-0.1, -0.05) is 68.8 Å². The minimum absolute atomic E-state index is 0.0791. The molecule has 0 saturated carbocycles. The molecular formula is C21H20N2O. The lowest BCUT2D eigenvalue weighted by Gasteiger charge is -2.20. The van der Waals surface area contributed by atoms with Crippen LogP contribution in [-0.2, 0) is 11.5 Å². The van der Waals surface area contributed by atoms with Crippen LogP contribution in [0.4, 0.5) is 0 Å². The molecule has 3 rings (SSSR count). The van der Waals surface area contributed by atoms with Crippen molar-refractivity contribution >= 4 is 29.8 Å². The normalized spacial score (nSPS) is 15.3. The van der Waals surface area contributed by atoms with Gasteiger partial charge < -0.3 is 4.57 Å². The number of fused-ring (bicyclic) bond motifs is 1. The van der Waals surface area contributed by atoms with Crippen molar-refractivity contribution in [3.63, 3.8) is 0 Å². The second-order valence-corrected chi connectivity index (χ2v) is 5.72. The van der Waals surface area contributed by atoms with Crippen molar-refractivity contribution in [2.45, 2.75) is 13.6 Å². The fourth-order valence-corrected chi connectivity index (χ4v) is 3.14. The van der Waals surface area contributed by atoms with Gasteiger partial charge in [0.05, 0.1) is 0 Å². The Morgan fingerprint density at radius 3 is 2.12 bits per heavy atom. The average molecular weight is 316 g/mol. The lowest BCUT2D eigenvalue weighted by molar-refractivity contribution is -0.125. The minimum atomic E-state index is -0.0791. The molecule has 3 heteroatoms. The van der Waals surface area contributed by atoms with E-state index in [9.17, 15) is 4.79 Å². The van der Waals surface area contributed by atoms with Crippen molar-refractivity contribution in [2.24, 2.45) is 0 Å². The topological polar surface area (TPSA) is 25.2 Å². The van der Waals surface area contributed by atoms with E-state index >= 15 is 0 Å². The van der Waals surface area contributed by atoms with Gasteiger partial charge in [0.1, 0.15) is 6.67 Å².